The Morgan fingerprint density at radius 3 is 2.38 bits per heavy atom. The fourth-order valence-corrected chi connectivity index (χ4v) is 4.73. The van der Waals surface area contributed by atoms with Gasteiger partial charge in [0.1, 0.15) is 18.1 Å². The molecular formula is C21H26N2O5S. The first-order chi connectivity index (χ1) is 13.9. The number of hydrogen-bond acceptors (Lipinski definition) is 5. The van der Waals surface area contributed by atoms with Crippen LogP contribution in [0.4, 0.5) is 0 Å². The average molecular weight is 419 g/mol. The van der Waals surface area contributed by atoms with Crippen LogP contribution in [0.5, 0.6) is 11.5 Å². The molecule has 1 aliphatic heterocycles. The molecule has 2 aromatic rings. The number of ether oxygens (including phenoxy) is 2. The summed E-state index contributed by atoms with van der Waals surface area (Å²) in [5.74, 6) is 1.10. The molecule has 0 unspecified atom stereocenters. The highest BCUT2D eigenvalue weighted by Gasteiger charge is 2.28. The van der Waals surface area contributed by atoms with Crippen molar-refractivity contribution in [1.82, 2.24) is 9.62 Å². The number of nitrogens with one attached hydrogen (secondary N) is 1. The number of carbonyl (C=O) groups excluding carboxylic acids is 1. The predicted molar refractivity (Wildman–Crippen MR) is 110 cm³/mol. The molecule has 0 spiro atoms. The first-order valence-corrected chi connectivity index (χ1v) is 11.0. The highest BCUT2D eigenvalue weighted by Crippen LogP contribution is 2.23. The van der Waals surface area contributed by atoms with Crippen molar-refractivity contribution in [2.24, 2.45) is 0 Å². The Bertz CT molecular complexity index is 952. The van der Waals surface area contributed by atoms with E-state index in [9.17, 15) is 13.2 Å². The molecule has 1 N–H and O–H groups in total. The number of methoxy groups -OCH3 is 1. The molecule has 3 rings (SSSR count). The van der Waals surface area contributed by atoms with Crippen LogP contribution < -0.4 is 14.8 Å². The van der Waals surface area contributed by atoms with Gasteiger partial charge in [0.2, 0.25) is 10.0 Å². The molecule has 0 aromatic heterocycles. The van der Waals surface area contributed by atoms with Gasteiger partial charge in [-0.15, -0.1) is 0 Å². The maximum absolute atomic E-state index is 12.7. The lowest BCUT2D eigenvalue weighted by atomic mass is 10.1. The first kappa shape index (κ1) is 21.1. The Morgan fingerprint density at radius 1 is 1.07 bits per heavy atom. The largest absolute Gasteiger partial charge is 0.497 e. The van der Waals surface area contributed by atoms with Crippen molar-refractivity contribution in [3.63, 3.8) is 0 Å². The van der Waals surface area contributed by atoms with Gasteiger partial charge in [-0.25, -0.2) is 8.42 Å². The Hall–Kier alpha value is -2.58. The zero-order valence-corrected chi connectivity index (χ0v) is 17.5. The van der Waals surface area contributed by atoms with E-state index in [1.165, 1.54) is 10.4 Å². The summed E-state index contributed by atoms with van der Waals surface area (Å²) in [6.07, 6.45) is 1.74. The van der Waals surface area contributed by atoms with E-state index in [0.717, 1.165) is 24.2 Å². The molecule has 1 heterocycles. The molecule has 0 radical (unpaired) electrons. The average Bonchev–Trinajstić information content (AvgIpc) is 3.27. The highest BCUT2D eigenvalue weighted by molar-refractivity contribution is 7.89. The van der Waals surface area contributed by atoms with Crippen LogP contribution >= 0.6 is 0 Å². The van der Waals surface area contributed by atoms with Gasteiger partial charge in [-0.1, -0.05) is 6.07 Å². The monoisotopic (exact) mass is 418 g/mol. The number of sulfonamides is 1. The second-order valence-corrected chi connectivity index (χ2v) is 8.81. The minimum atomic E-state index is -3.56. The molecule has 1 fully saturated rings. The summed E-state index contributed by atoms with van der Waals surface area (Å²) in [6, 6.07) is 11.9. The third-order valence-electron chi connectivity index (χ3n) is 4.87. The SMILES string of the molecule is COc1ccc(OCCNC(=O)c2cc(S(=O)(=O)N3CCCC3)ccc2C)cc1. The van der Waals surface area contributed by atoms with Crippen LogP contribution in [0.1, 0.15) is 28.8 Å². The van der Waals surface area contributed by atoms with Crippen molar-refractivity contribution in [3.8, 4) is 11.5 Å². The first-order valence-electron chi connectivity index (χ1n) is 9.57. The Labute approximate surface area is 171 Å². The molecule has 0 atom stereocenters. The lowest BCUT2D eigenvalue weighted by molar-refractivity contribution is 0.0946. The minimum Gasteiger partial charge on any atom is -0.497 e. The quantitative estimate of drug-likeness (QED) is 0.666. The summed E-state index contributed by atoms with van der Waals surface area (Å²) in [5, 5.41) is 2.78. The van der Waals surface area contributed by atoms with Crippen LogP contribution in [0.2, 0.25) is 0 Å². The van der Waals surface area contributed by atoms with E-state index < -0.39 is 10.0 Å². The van der Waals surface area contributed by atoms with E-state index in [-0.39, 0.29) is 10.8 Å². The van der Waals surface area contributed by atoms with Gasteiger partial charge in [-0.2, -0.15) is 4.31 Å². The maximum atomic E-state index is 12.7. The molecule has 7 nitrogen and oxygen atoms in total. The summed E-state index contributed by atoms with van der Waals surface area (Å²) in [6.45, 7) is 3.44. The van der Waals surface area contributed by atoms with Crippen LogP contribution in [0.3, 0.4) is 0 Å². The molecule has 1 amide bonds. The number of benzene rings is 2. The van der Waals surface area contributed by atoms with Gasteiger partial charge >= 0.3 is 0 Å². The number of hydrogen-bond donors (Lipinski definition) is 1. The molecule has 2 aromatic carbocycles. The van der Waals surface area contributed by atoms with Gasteiger partial charge in [0.25, 0.3) is 5.91 Å². The van der Waals surface area contributed by atoms with E-state index in [4.69, 9.17) is 9.47 Å². The van der Waals surface area contributed by atoms with Crippen molar-refractivity contribution >= 4 is 15.9 Å². The van der Waals surface area contributed by atoms with Crippen molar-refractivity contribution in [1.29, 1.82) is 0 Å². The summed E-state index contributed by atoms with van der Waals surface area (Å²) in [4.78, 5) is 12.7. The lowest BCUT2D eigenvalue weighted by Gasteiger charge is -2.17. The summed E-state index contributed by atoms with van der Waals surface area (Å²) in [5.41, 5.74) is 1.08. The Morgan fingerprint density at radius 2 is 1.72 bits per heavy atom. The zero-order valence-electron chi connectivity index (χ0n) is 16.7. The Balaban J connectivity index is 1.59. The molecule has 0 aliphatic carbocycles. The third-order valence-corrected chi connectivity index (χ3v) is 6.77. The van der Waals surface area contributed by atoms with Crippen molar-refractivity contribution < 1.29 is 22.7 Å². The van der Waals surface area contributed by atoms with Crippen LogP contribution in [-0.4, -0.2) is 52.0 Å². The van der Waals surface area contributed by atoms with Gasteiger partial charge in [0, 0.05) is 18.7 Å². The van der Waals surface area contributed by atoms with Crippen molar-refractivity contribution in [2.45, 2.75) is 24.7 Å². The van der Waals surface area contributed by atoms with E-state index in [0.29, 0.717) is 37.6 Å². The number of aryl methyl sites for hydroxylation is 1. The molecule has 0 bridgehead atoms. The van der Waals surface area contributed by atoms with Gasteiger partial charge in [-0.05, 0) is 61.7 Å². The second-order valence-electron chi connectivity index (χ2n) is 6.87. The van der Waals surface area contributed by atoms with Gasteiger partial charge < -0.3 is 14.8 Å². The Kier molecular flexibility index (Phi) is 6.76. The molecular weight excluding hydrogens is 392 g/mol. The predicted octanol–water partition coefficient (Wildman–Crippen LogP) is 2.60. The van der Waals surface area contributed by atoms with E-state index in [2.05, 4.69) is 5.32 Å². The second kappa shape index (κ2) is 9.28. The fourth-order valence-electron chi connectivity index (χ4n) is 3.18. The van der Waals surface area contributed by atoms with E-state index >= 15 is 0 Å². The molecule has 156 valence electrons. The summed E-state index contributed by atoms with van der Waals surface area (Å²) >= 11 is 0. The van der Waals surface area contributed by atoms with E-state index in [1.54, 1.807) is 50.4 Å². The minimum absolute atomic E-state index is 0.157. The van der Waals surface area contributed by atoms with Crippen LogP contribution in [0, 0.1) is 6.92 Å². The highest BCUT2D eigenvalue weighted by atomic mass is 32.2. The van der Waals surface area contributed by atoms with Gasteiger partial charge in [0.15, 0.2) is 0 Å². The third kappa shape index (κ3) is 5.07. The number of rotatable bonds is 8. The van der Waals surface area contributed by atoms with Crippen LogP contribution in [0.25, 0.3) is 0 Å². The lowest BCUT2D eigenvalue weighted by Crippen LogP contribution is -2.30. The topological polar surface area (TPSA) is 84.9 Å². The van der Waals surface area contributed by atoms with Crippen LogP contribution in [-0.2, 0) is 10.0 Å². The van der Waals surface area contributed by atoms with E-state index in [1.807, 2.05) is 0 Å². The van der Waals surface area contributed by atoms with Crippen molar-refractivity contribution in [2.75, 3.05) is 33.4 Å². The normalized spacial score (nSPS) is 14.6. The summed E-state index contributed by atoms with van der Waals surface area (Å²) in [7, 11) is -1.96. The number of carbonyl (C=O) groups is 1. The number of amides is 1. The van der Waals surface area contributed by atoms with Gasteiger partial charge in [-0.3, -0.25) is 4.79 Å². The van der Waals surface area contributed by atoms with Crippen LogP contribution in [0.15, 0.2) is 47.4 Å². The van der Waals surface area contributed by atoms with Crippen molar-refractivity contribution in [3.05, 3.63) is 53.6 Å². The fraction of sp³-hybridized carbons (Fsp3) is 0.381. The molecule has 1 saturated heterocycles. The molecule has 0 saturated carbocycles. The maximum Gasteiger partial charge on any atom is 0.251 e. The molecule has 1 aliphatic rings. The number of nitrogens with zero attached hydrogens (tertiary/aromatic N) is 1. The molecule has 29 heavy (non-hydrogen) atoms. The smallest absolute Gasteiger partial charge is 0.251 e. The summed E-state index contributed by atoms with van der Waals surface area (Å²) < 4.78 is 37.7. The van der Waals surface area contributed by atoms with Gasteiger partial charge in [0.05, 0.1) is 18.6 Å². The zero-order chi connectivity index (χ0) is 20.9. The standard InChI is InChI=1S/C21H26N2O5S/c1-16-5-10-19(29(25,26)23-12-3-4-13-23)15-20(16)21(24)22-11-14-28-18-8-6-17(27-2)7-9-18/h5-10,15H,3-4,11-14H2,1-2H3,(H,22,24). The molecule has 8 heteroatoms.